The van der Waals surface area contributed by atoms with Gasteiger partial charge in [0.15, 0.2) is 23.9 Å². The lowest BCUT2D eigenvalue weighted by atomic mass is 10.0. The van der Waals surface area contributed by atoms with Crippen molar-refractivity contribution in [3.05, 3.63) is 86.3 Å². The molecule has 2 heterocycles. The molecule has 0 spiro atoms. The number of carbonyl (C=O) groups excluding carboxylic acids is 2. The van der Waals surface area contributed by atoms with Gasteiger partial charge in [0.2, 0.25) is 0 Å². The highest BCUT2D eigenvalue weighted by Gasteiger charge is 2.28. The summed E-state index contributed by atoms with van der Waals surface area (Å²) in [5, 5.41) is 21.8. The highest BCUT2D eigenvalue weighted by Crippen LogP contribution is 2.38. The molecule has 2 aromatic carbocycles. The molecule has 0 amide bonds. The van der Waals surface area contributed by atoms with E-state index in [2.05, 4.69) is 0 Å². The number of hydrogen-bond acceptors (Lipinski definition) is 10. The highest BCUT2D eigenvalue weighted by atomic mass is 35.5. The fraction of sp³-hybridized carbons (Fsp3) is 0.486. The Balaban J connectivity index is 1.23. The van der Waals surface area contributed by atoms with E-state index in [1.54, 1.807) is 6.07 Å². The number of aliphatic hydroxyl groups excluding tert-OH is 1. The lowest BCUT2D eigenvalue weighted by molar-refractivity contribution is -0.605. The van der Waals surface area contributed by atoms with Gasteiger partial charge in [0.1, 0.15) is 28.5 Å². The third-order valence-corrected chi connectivity index (χ3v) is 9.81. The number of aromatic nitrogens is 1. The Morgan fingerprint density at radius 2 is 1.62 bits per heavy atom. The largest absolute Gasteiger partial charge is 0.619 e. The Labute approximate surface area is 309 Å². The van der Waals surface area contributed by atoms with Crippen LogP contribution in [0.3, 0.4) is 0 Å². The maximum absolute atomic E-state index is 13.8. The molecule has 280 valence electrons. The third kappa shape index (κ3) is 10.8. The van der Waals surface area contributed by atoms with E-state index in [9.17, 15) is 28.7 Å². The van der Waals surface area contributed by atoms with Crippen molar-refractivity contribution in [1.29, 1.82) is 0 Å². The van der Waals surface area contributed by atoms with E-state index in [4.69, 9.17) is 46.9 Å². The number of aliphatic hydroxyl groups is 1. The number of rotatable bonds is 18. The summed E-state index contributed by atoms with van der Waals surface area (Å²) in [5.41, 5.74) is 1.29. The SMILES string of the molecule is O=C(CCN1CC[C@H](O)C1)OCc1cc(C(=O)O[C@@H](Cc2c(Cl)c[n+]([O-])cc2Cl)c2ccc(OC(F)F)c(OCC3CC3)c2)ccc1OCC1CC1. The minimum atomic E-state index is -3.09. The number of benzene rings is 2. The summed E-state index contributed by atoms with van der Waals surface area (Å²) in [7, 11) is 0. The van der Waals surface area contributed by atoms with Crippen LogP contribution in [-0.2, 0) is 27.3 Å². The van der Waals surface area contributed by atoms with Gasteiger partial charge in [0.05, 0.1) is 31.3 Å². The molecule has 0 unspecified atom stereocenters. The van der Waals surface area contributed by atoms with Crippen molar-refractivity contribution in [2.75, 3.05) is 32.8 Å². The number of ether oxygens (including phenoxy) is 5. The van der Waals surface area contributed by atoms with Crippen LogP contribution in [0.1, 0.15) is 71.7 Å². The zero-order chi connectivity index (χ0) is 36.8. The fourth-order valence-corrected chi connectivity index (χ4v) is 6.40. The highest BCUT2D eigenvalue weighted by molar-refractivity contribution is 6.35. The summed E-state index contributed by atoms with van der Waals surface area (Å²) in [6.07, 6.45) is 5.54. The van der Waals surface area contributed by atoms with Crippen LogP contribution in [0.2, 0.25) is 10.0 Å². The van der Waals surface area contributed by atoms with Crippen LogP contribution in [0.5, 0.6) is 17.2 Å². The van der Waals surface area contributed by atoms with Gasteiger partial charge in [0, 0.05) is 37.2 Å². The molecule has 1 saturated heterocycles. The standard InChI is InChI=1S/C37H40Cl2F2N2O9/c38-29-17-43(47)18-30(39)28(29)15-33(24-5-8-32(52-37(40)41)34(14-24)49-20-23-3-4-23)51-36(46)25-6-7-31(48-19-22-1-2-22)26(13-25)21-50-35(45)10-12-42-11-9-27(44)16-42/h5-8,13-14,17-18,22-23,27,33,37,44H,1-4,9-12,15-16,19-21H2/t27-,33-/m0/s1. The summed E-state index contributed by atoms with van der Waals surface area (Å²) < 4.78 is 55.2. The van der Waals surface area contributed by atoms with Crippen LogP contribution < -0.4 is 18.9 Å². The number of β-amino-alcohol motifs (C(OH)–C–C–N with tert-alkyl or cyclic N) is 1. The van der Waals surface area contributed by atoms with E-state index in [0.29, 0.717) is 78.3 Å². The minimum Gasteiger partial charge on any atom is -0.619 e. The maximum atomic E-state index is 13.8. The fourth-order valence-electron chi connectivity index (χ4n) is 5.81. The first-order chi connectivity index (χ1) is 25.0. The second kappa shape index (κ2) is 17.3. The Kier molecular flexibility index (Phi) is 12.6. The number of alkyl halides is 2. The molecule has 0 radical (unpaired) electrons. The molecule has 3 aliphatic rings. The first kappa shape index (κ1) is 37.8. The summed E-state index contributed by atoms with van der Waals surface area (Å²) in [4.78, 5) is 28.5. The van der Waals surface area contributed by atoms with Crippen molar-refractivity contribution >= 4 is 35.1 Å². The zero-order valence-electron chi connectivity index (χ0n) is 28.3. The molecule has 52 heavy (non-hydrogen) atoms. The topological polar surface area (TPSA) is 131 Å². The molecule has 1 aromatic heterocycles. The second-order valence-corrected chi connectivity index (χ2v) is 14.3. The molecular formula is C37H40Cl2F2N2O9. The average molecular weight is 766 g/mol. The van der Waals surface area contributed by atoms with Crippen LogP contribution in [0, 0.1) is 17.0 Å². The molecular weight excluding hydrogens is 725 g/mol. The molecule has 6 rings (SSSR count). The number of esters is 2. The molecule has 15 heteroatoms. The third-order valence-electron chi connectivity index (χ3n) is 9.16. The van der Waals surface area contributed by atoms with E-state index in [0.717, 1.165) is 38.1 Å². The van der Waals surface area contributed by atoms with Gasteiger partial charge in [-0.1, -0.05) is 29.3 Å². The number of nitrogens with zero attached hydrogens (tertiary/aromatic N) is 2. The monoisotopic (exact) mass is 764 g/mol. The van der Waals surface area contributed by atoms with Crippen LogP contribution in [0.25, 0.3) is 0 Å². The first-order valence-electron chi connectivity index (χ1n) is 17.3. The molecule has 0 bridgehead atoms. The second-order valence-electron chi connectivity index (χ2n) is 13.5. The Hall–Kier alpha value is -3.91. The molecule has 1 N–H and O–H groups in total. The molecule has 2 atom stereocenters. The molecule has 3 aromatic rings. The predicted molar refractivity (Wildman–Crippen MR) is 185 cm³/mol. The van der Waals surface area contributed by atoms with Crippen molar-refractivity contribution in [1.82, 2.24) is 4.90 Å². The van der Waals surface area contributed by atoms with E-state index < -0.39 is 30.8 Å². The van der Waals surface area contributed by atoms with Gasteiger partial charge >= 0.3 is 18.6 Å². The molecule has 11 nitrogen and oxygen atoms in total. The van der Waals surface area contributed by atoms with Crippen LogP contribution >= 0.6 is 23.2 Å². The van der Waals surface area contributed by atoms with E-state index >= 15 is 0 Å². The number of likely N-dealkylation sites (tertiary alicyclic amines) is 1. The van der Waals surface area contributed by atoms with E-state index in [1.807, 2.05) is 4.90 Å². The molecule has 2 saturated carbocycles. The molecule has 3 fully saturated rings. The average Bonchev–Trinajstić information content (AvgIpc) is 4.05. The van der Waals surface area contributed by atoms with Crippen molar-refractivity contribution in [3.8, 4) is 17.2 Å². The van der Waals surface area contributed by atoms with Gasteiger partial charge < -0.3 is 38.9 Å². The molecule has 1 aliphatic heterocycles. The van der Waals surface area contributed by atoms with Crippen LogP contribution in [0.15, 0.2) is 48.8 Å². The maximum Gasteiger partial charge on any atom is 0.387 e. The Morgan fingerprint density at radius 3 is 2.25 bits per heavy atom. The predicted octanol–water partition coefficient (Wildman–Crippen LogP) is 6.45. The molecule has 2 aliphatic carbocycles. The van der Waals surface area contributed by atoms with Gasteiger partial charge in [0.25, 0.3) is 0 Å². The number of hydrogen-bond donors (Lipinski definition) is 1. The van der Waals surface area contributed by atoms with E-state index in [-0.39, 0.29) is 46.6 Å². The Bertz CT molecular complexity index is 1720. The lowest BCUT2D eigenvalue weighted by Gasteiger charge is -2.22. The van der Waals surface area contributed by atoms with Crippen LogP contribution in [0.4, 0.5) is 8.78 Å². The summed E-state index contributed by atoms with van der Waals surface area (Å²) in [6.45, 7) is -0.762. The lowest BCUT2D eigenvalue weighted by Crippen LogP contribution is -2.25. The van der Waals surface area contributed by atoms with E-state index in [1.165, 1.54) is 30.3 Å². The van der Waals surface area contributed by atoms with Crippen LogP contribution in [-0.4, -0.2) is 67.5 Å². The zero-order valence-corrected chi connectivity index (χ0v) is 29.8. The first-order valence-corrected chi connectivity index (χ1v) is 18.1. The van der Waals surface area contributed by atoms with Crippen molar-refractivity contribution in [2.45, 2.75) is 70.4 Å². The van der Waals surface area contributed by atoms with Crippen molar-refractivity contribution < 1.29 is 51.9 Å². The number of halogens is 4. The summed E-state index contributed by atoms with van der Waals surface area (Å²) >= 11 is 12.8. The number of carbonyl (C=O) groups is 2. The van der Waals surface area contributed by atoms with Gasteiger partial charge in [-0.15, -0.1) is 0 Å². The Morgan fingerprint density at radius 1 is 0.942 bits per heavy atom. The van der Waals surface area contributed by atoms with Gasteiger partial charge in [-0.3, -0.25) is 4.79 Å². The normalized spacial score (nSPS) is 17.9. The van der Waals surface area contributed by atoms with Gasteiger partial charge in [-0.05, 0) is 79.8 Å². The smallest absolute Gasteiger partial charge is 0.387 e. The number of pyridine rings is 1. The van der Waals surface area contributed by atoms with Crippen molar-refractivity contribution in [2.24, 2.45) is 11.8 Å². The summed E-state index contributed by atoms with van der Waals surface area (Å²) in [6, 6.07) is 8.96. The van der Waals surface area contributed by atoms with Crippen molar-refractivity contribution in [3.63, 3.8) is 0 Å². The summed E-state index contributed by atoms with van der Waals surface area (Å²) in [5.74, 6) is -0.0911. The van der Waals surface area contributed by atoms with Gasteiger partial charge in [-0.25, -0.2) is 4.79 Å². The quantitative estimate of drug-likeness (QED) is 0.0877. The minimum absolute atomic E-state index is 0.0357. The van der Waals surface area contributed by atoms with Gasteiger partial charge in [-0.2, -0.15) is 13.5 Å².